The van der Waals surface area contributed by atoms with Gasteiger partial charge in [0.25, 0.3) is 5.91 Å². The molecule has 0 atom stereocenters. The summed E-state index contributed by atoms with van der Waals surface area (Å²) < 4.78 is 10.7. The number of H-pyrrole nitrogens is 1. The first-order valence-electron chi connectivity index (χ1n) is 11.5. The van der Waals surface area contributed by atoms with Crippen molar-refractivity contribution in [1.82, 2.24) is 4.98 Å². The molecule has 3 aromatic carbocycles. The van der Waals surface area contributed by atoms with Crippen LogP contribution >= 0.6 is 11.8 Å². The molecule has 8 nitrogen and oxygen atoms in total. The number of anilines is 2. The summed E-state index contributed by atoms with van der Waals surface area (Å²) in [6.07, 6.45) is 3.53. The topological polar surface area (TPSA) is 96.0 Å². The molecular formula is C28H24N4O4S. The molecule has 0 saturated carbocycles. The fraction of sp³-hybridized carbons (Fsp3) is 0.107. The van der Waals surface area contributed by atoms with Crippen LogP contribution in [0, 0.1) is 0 Å². The van der Waals surface area contributed by atoms with Crippen molar-refractivity contribution >= 4 is 57.1 Å². The summed E-state index contributed by atoms with van der Waals surface area (Å²) in [4.78, 5) is 35.4. The maximum Gasteiger partial charge on any atom is 0.283 e. The predicted molar refractivity (Wildman–Crippen MR) is 148 cm³/mol. The summed E-state index contributed by atoms with van der Waals surface area (Å²) in [6.45, 7) is 0. The first-order chi connectivity index (χ1) is 18.1. The van der Waals surface area contributed by atoms with Crippen molar-refractivity contribution in [2.45, 2.75) is 0 Å². The van der Waals surface area contributed by atoms with Gasteiger partial charge in [0.2, 0.25) is 5.91 Å². The van der Waals surface area contributed by atoms with Crippen LogP contribution in [0.4, 0.5) is 11.4 Å². The predicted octanol–water partition coefficient (Wildman–Crippen LogP) is 5.30. The second kappa shape index (κ2) is 10.6. The van der Waals surface area contributed by atoms with Gasteiger partial charge in [-0.25, -0.2) is 4.99 Å². The van der Waals surface area contributed by atoms with Crippen LogP contribution in [0.25, 0.3) is 17.0 Å². The molecule has 186 valence electrons. The third kappa shape index (κ3) is 5.22. The largest absolute Gasteiger partial charge is 0.497 e. The molecule has 0 fully saturated rings. The molecule has 37 heavy (non-hydrogen) atoms. The van der Waals surface area contributed by atoms with Crippen LogP contribution in [0.5, 0.6) is 11.5 Å². The number of hydrogen-bond acceptors (Lipinski definition) is 6. The first-order valence-corrected chi connectivity index (χ1v) is 12.5. The van der Waals surface area contributed by atoms with Gasteiger partial charge in [-0.2, -0.15) is 0 Å². The van der Waals surface area contributed by atoms with E-state index in [2.05, 4.69) is 15.3 Å². The SMILES string of the molecule is COc1ccc(/C=C2\N=C(SCC(=O)Nc3ccc4cc[nH]c4c3)N(c3ccccc3)C2=O)c(OC)c1. The number of aromatic amines is 1. The fourth-order valence-corrected chi connectivity index (χ4v) is 4.75. The van der Waals surface area contributed by atoms with Gasteiger partial charge in [0.15, 0.2) is 5.17 Å². The first kappa shape index (κ1) is 24.2. The highest BCUT2D eigenvalue weighted by Crippen LogP contribution is 2.32. The fourth-order valence-electron chi connectivity index (χ4n) is 3.94. The average Bonchev–Trinajstić information content (AvgIpc) is 3.51. The van der Waals surface area contributed by atoms with Crippen molar-refractivity contribution in [3.8, 4) is 11.5 Å². The number of aromatic nitrogens is 1. The number of amidine groups is 1. The number of benzene rings is 3. The molecule has 0 saturated heterocycles. The van der Waals surface area contributed by atoms with E-state index < -0.39 is 0 Å². The van der Waals surface area contributed by atoms with Gasteiger partial charge in [-0.3, -0.25) is 14.5 Å². The van der Waals surface area contributed by atoms with E-state index in [-0.39, 0.29) is 23.3 Å². The quantitative estimate of drug-likeness (QED) is 0.328. The number of nitrogens with zero attached hydrogens (tertiary/aromatic N) is 2. The Morgan fingerprint density at radius 3 is 2.68 bits per heavy atom. The number of fused-ring (bicyclic) bond motifs is 1. The number of nitrogens with one attached hydrogen (secondary N) is 2. The maximum atomic E-state index is 13.4. The van der Waals surface area contributed by atoms with Crippen LogP contribution in [0.15, 0.2) is 89.7 Å². The molecule has 0 unspecified atom stereocenters. The summed E-state index contributed by atoms with van der Waals surface area (Å²) in [5.41, 5.74) is 3.23. The molecule has 0 radical (unpaired) electrons. The molecule has 5 rings (SSSR count). The second-order valence-corrected chi connectivity index (χ2v) is 9.07. The van der Waals surface area contributed by atoms with Crippen molar-refractivity contribution in [2.24, 2.45) is 4.99 Å². The second-order valence-electron chi connectivity index (χ2n) is 8.12. The normalized spacial score (nSPS) is 14.2. The Hall–Kier alpha value is -4.50. The van der Waals surface area contributed by atoms with Crippen molar-refractivity contribution in [1.29, 1.82) is 0 Å². The van der Waals surface area contributed by atoms with Gasteiger partial charge in [-0.1, -0.05) is 36.0 Å². The van der Waals surface area contributed by atoms with E-state index >= 15 is 0 Å². The molecule has 1 aromatic heterocycles. The van der Waals surface area contributed by atoms with Crippen LogP contribution in [0.1, 0.15) is 5.56 Å². The lowest BCUT2D eigenvalue weighted by atomic mass is 10.1. The number of hydrogen-bond donors (Lipinski definition) is 2. The van der Waals surface area contributed by atoms with Gasteiger partial charge in [0, 0.05) is 29.0 Å². The lowest BCUT2D eigenvalue weighted by Crippen LogP contribution is -2.31. The van der Waals surface area contributed by atoms with Crippen LogP contribution < -0.4 is 19.7 Å². The van der Waals surface area contributed by atoms with Crippen molar-refractivity contribution in [3.05, 3.63) is 90.3 Å². The minimum atomic E-state index is -0.288. The van der Waals surface area contributed by atoms with E-state index in [9.17, 15) is 9.59 Å². The van der Waals surface area contributed by atoms with Crippen LogP contribution in [0.2, 0.25) is 0 Å². The third-order valence-electron chi connectivity index (χ3n) is 5.75. The van der Waals surface area contributed by atoms with Gasteiger partial charge in [-0.05, 0) is 53.9 Å². The maximum absolute atomic E-state index is 13.4. The molecule has 1 aliphatic heterocycles. The highest BCUT2D eigenvalue weighted by molar-refractivity contribution is 8.14. The summed E-state index contributed by atoms with van der Waals surface area (Å²) >= 11 is 1.20. The Bertz CT molecular complexity index is 1530. The smallest absolute Gasteiger partial charge is 0.283 e. The van der Waals surface area contributed by atoms with Gasteiger partial charge in [-0.15, -0.1) is 0 Å². The van der Waals surface area contributed by atoms with Crippen LogP contribution in [0.3, 0.4) is 0 Å². The Kier molecular flexibility index (Phi) is 6.96. The van der Waals surface area contributed by atoms with E-state index in [0.29, 0.717) is 33.6 Å². The molecule has 0 spiro atoms. The van der Waals surface area contributed by atoms with Crippen molar-refractivity contribution < 1.29 is 19.1 Å². The molecule has 1 aliphatic rings. The van der Waals surface area contributed by atoms with Crippen LogP contribution in [-0.2, 0) is 9.59 Å². The monoisotopic (exact) mass is 512 g/mol. The number of rotatable bonds is 7. The van der Waals surface area contributed by atoms with Crippen molar-refractivity contribution in [3.63, 3.8) is 0 Å². The molecule has 9 heteroatoms. The molecule has 2 heterocycles. The third-order valence-corrected chi connectivity index (χ3v) is 6.69. The zero-order valence-electron chi connectivity index (χ0n) is 20.2. The van der Waals surface area contributed by atoms with Gasteiger partial charge in [0.1, 0.15) is 17.2 Å². The van der Waals surface area contributed by atoms with E-state index in [0.717, 1.165) is 10.9 Å². The van der Waals surface area contributed by atoms with E-state index in [4.69, 9.17) is 9.47 Å². The number of ether oxygens (including phenoxy) is 2. The Morgan fingerprint density at radius 1 is 1.05 bits per heavy atom. The molecule has 2 amide bonds. The minimum absolute atomic E-state index is 0.0807. The summed E-state index contributed by atoms with van der Waals surface area (Å²) in [5, 5.41) is 4.40. The summed E-state index contributed by atoms with van der Waals surface area (Å²) in [5.74, 6) is 0.791. The number of carbonyl (C=O) groups is 2. The summed E-state index contributed by atoms with van der Waals surface area (Å²) in [7, 11) is 3.13. The van der Waals surface area contributed by atoms with E-state index in [1.165, 1.54) is 16.7 Å². The lowest BCUT2D eigenvalue weighted by Gasteiger charge is -2.17. The zero-order chi connectivity index (χ0) is 25.8. The number of aliphatic imine (C=N–C) groups is 1. The van der Waals surface area contributed by atoms with Gasteiger partial charge < -0.3 is 19.8 Å². The minimum Gasteiger partial charge on any atom is -0.497 e. The molecule has 4 aromatic rings. The number of thioether (sulfide) groups is 1. The molecule has 0 aliphatic carbocycles. The molecular weight excluding hydrogens is 488 g/mol. The number of para-hydroxylation sites is 1. The van der Waals surface area contributed by atoms with E-state index in [1.807, 2.05) is 60.8 Å². The van der Waals surface area contributed by atoms with Crippen molar-refractivity contribution in [2.75, 3.05) is 30.2 Å². The summed E-state index contributed by atoms with van der Waals surface area (Å²) in [6, 6.07) is 22.2. The van der Waals surface area contributed by atoms with Gasteiger partial charge in [0.05, 0.1) is 25.7 Å². The average molecular weight is 513 g/mol. The van der Waals surface area contributed by atoms with Gasteiger partial charge >= 0.3 is 0 Å². The Morgan fingerprint density at radius 2 is 1.89 bits per heavy atom. The zero-order valence-corrected chi connectivity index (χ0v) is 21.0. The number of carbonyl (C=O) groups excluding carboxylic acids is 2. The van der Waals surface area contributed by atoms with E-state index in [1.54, 1.807) is 38.5 Å². The Balaban J connectivity index is 1.38. The molecule has 2 N–H and O–H groups in total. The number of amides is 2. The lowest BCUT2D eigenvalue weighted by molar-refractivity contribution is -0.114. The highest BCUT2D eigenvalue weighted by atomic mass is 32.2. The number of methoxy groups -OCH3 is 2. The molecule has 0 bridgehead atoms. The standard InChI is InChI=1S/C28H24N4O4S/c1-35-22-11-9-19(25(16-22)36-2)14-24-27(34)32(21-6-4-3-5-7-21)28(31-24)37-17-26(33)30-20-10-8-18-12-13-29-23(18)15-20/h3-16,29H,17H2,1-2H3,(H,30,33)/b24-14-. The Labute approximate surface area is 218 Å². The van der Waals surface area contributed by atoms with Crippen LogP contribution in [-0.4, -0.2) is 41.9 Å². The highest BCUT2D eigenvalue weighted by Gasteiger charge is 2.32.